The van der Waals surface area contributed by atoms with Crippen molar-refractivity contribution in [3.63, 3.8) is 0 Å². The lowest BCUT2D eigenvalue weighted by molar-refractivity contribution is -0.119. The van der Waals surface area contributed by atoms with Crippen molar-refractivity contribution in [3.05, 3.63) is 36.5 Å². The number of pyridine rings is 1. The van der Waals surface area contributed by atoms with Crippen LogP contribution in [-0.2, 0) is 0 Å². The van der Waals surface area contributed by atoms with Gasteiger partial charge in [0, 0.05) is 23.5 Å². The monoisotopic (exact) mass is 332 g/mol. The van der Waals surface area contributed by atoms with E-state index in [1.54, 1.807) is 18.2 Å². The molecular formula is C13H12BrF3N2. The van der Waals surface area contributed by atoms with Crippen molar-refractivity contribution in [1.82, 2.24) is 4.98 Å². The fourth-order valence-electron chi connectivity index (χ4n) is 1.93. The summed E-state index contributed by atoms with van der Waals surface area (Å²) in [6, 6.07) is 9.09. The number of benzene rings is 1. The Morgan fingerprint density at radius 1 is 1.16 bits per heavy atom. The molecule has 1 heterocycles. The number of aromatic nitrogens is 1. The molecule has 1 aromatic heterocycles. The van der Waals surface area contributed by atoms with Gasteiger partial charge in [-0.15, -0.1) is 0 Å². The van der Waals surface area contributed by atoms with E-state index in [-0.39, 0.29) is 6.54 Å². The van der Waals surface area contributed by atoms with Gasteiger partial charge in [-0.1, -0.05) is 40.2 Å². The summed E-state index contributed by atoms with van der Waals surface area (Å²) in [6.07, 6.45) is -2.71. The average molecular weight is 333 g/mol. The molecule has 2 aromatic rings. The SMILES string of the molecule is FC(F)(F)CN(CCBr)c1nccc2ccccc12. The Morgan fingerprint density at radius 2 is 1.89 bits per heavy atom. The molecule has 0 amide bonds. The second-order valence-electron chi connectivity index (χ2n) is 4.08. The van der Waals surface area contributed by atoms with Crippen molar-refractivity contribution >= 4 is 32.5 Å². The largest absolute Gasteiger partial charge is 0.405 e. The normalized spacial score (nSPS) is 11.8. The average Bonchev–Trinajstić information content (AvgIpc) is 2.36. The maximum Gasteiger partial charge on any atom is 0.405 e. The Kier molecular flexibility index (Phi) is 4.29. The Labute approximate surface area is 117 Å². The van der Waals surface area contributed by atoms with Crippen LogP contribution in [0.3, 0.4) is 0 Å². The van der Waals surface area contributed by atoms with Gasteiger partial charge in [0.25, 0.3) is 0 Å². The van der Waals surface area contributed by atoms with Gasteiger partial charge in [0.05, 0.1) is 0 Å². The molecule has 0 spiro atoms. The fraction of sp³-hybridized carbons (Fsp3) is 0.308. The minimum atomic E-state index is -4.25. The molecule has 2 rings (SSSR count). The highest BCUT2D eigenvalue weighted by Crippen LogP contribution is 2.27. The van der Waals surface area contributed by atoms with Gasteiger partial charge >= 0.3 is 6.18 Å². The second-order valence-corrected chi connectivity index (χ2v) is 4.87. The van der Waals surface area contributed by atoms with E-state index in [2.05, 4.69) is 20.9 Å². The molecule has 2 nitrogen and oxygen atoms in total. The van der Waals surface area contributed by atoms with Gasteiger partial charge in [-0.2, -0.15) is 13.2 Å². The van der Waals surface area contributed by atoms with Gasteiger partial charge in [0.1, 0.15) is 12.4 Å². The van der Waals surface area contributed by atoms with Crippen molar-refractivity contribution in [2.75, 3.05) is 23.3 Å². The molecule has 0 bridgehead atoms. The summed E-state index contributed by atoms with van der Waals surface area (Å²) in [4.78, 5) is 5.36. The Hall–Kier alpha value is -1.30. The van der Waals surface area contributed by atoms with Crippen molar-refractivity contribution in [3.8, 4) is 0 Å². The quantitative estimate of drug-likeness (QED) is 0.787. The number of fused-ring (bicyclic) bond motifs is 1. The second kappa shape index (κ2) is 5.77. The van der Waals surface area contributed by atoms with E-state index >= 15 is 0 Å². The van der Waals surface area contributed by atoms with Crippen LogP contribution in [0, 0.1) is 0 Å². The molecule has 0 saturated carbocycles. The molecule has 0 aliphatic heterocycles. The zero-order valence-corrected chi connectivity index (χ0v) is 11.6. The van der Waals surface area contributed by atoms with Gasteiger partial charge < -0.3 is 4.90 Å². The van der Waals surface area contributed by atoms with Crippen molar-refractivity contribution in [2.45, 2.75) is 6.18 Å². The third kappa shape index (κ3) is 3.59. The van der Waals surface area contributed by atoms with Crippen LogP contribution < -0.4 is 4.90 Å². The summed E-state index contributed by atoms with van der Waals surface area (Å²) in [5, 5.41) is 2.07. The van der Waals surface area contributed by atoms with Gasteiger partial charge in [-0.3, -0.25) is 0 Å². The minimum Gasteiger partial charge on any atom is -0.346 e. The molecule has 0 radical (unpaired) electrons. The zero-order chi connectivity index (χ0) is 13.9. The number of halogens is 4. The minimum absolute atomic E-state index is 0.251. The number of nitrogens with zero attached hydrogens (tertiary/aromatic N) is 2. The topological polar surface area (TPSA) is 16.1 Å². The van der Waals surface area contributed by atoms with E-state index in [0.29, 0.717) is 11.1 Å². The van der Waals surface area contributed by atoms with E-state index in [4.69, 9.17) is 0 Å². The third-order valence-electron chi connectivity index (χ3n) is 2.68. The molecule has 0 aliphatic rings. The van der Waals surface area contributed by atoms with Crippen molar-refractivity contribution in [2.24, 2.45) is 0 Å². The van der Waals surface area contributed by atoms with Crippen LogP contribution in [0.5, 0.6) is 0 Å². The van der Waals surface area contributed by atoms with Crippen LogP contribution in [-0.4, -0.2) is 29.6 Å². The summed E-state index contributed by atoms with van der Waals surface area (Å²) in [5.74, 6) is 0.370. The Morgan fingerprint density at radius 3 is 2.58 bits per heavy atom. The zero-order valence-electron chi connectivity index (χ0n) is 9.99. The lowest BCUT2D eigenvalue weighted by Crippen LogP contribution is -2.36. The highest BCUT2D eigenvalue weighted by molar-refractivity contribution is 9.09. The number of alkyl halides is 4. The first-order chi connectivity index (χ1) is 9.01. The van der Waals surface area contributed by atoms with Crippen LogP contribution in [0.25, 0.3) is 10.8 Å². The van der Waals surface area contributed by atoms with Gasteiger partial charge in [0.2, 0.25) is 0 Å². The van der Waals surface area contributed by atoms with E-state index < -0.39 is 12.7 Å². The molecule has 0 aliphatic carbocycles. The Balaban J connectivity index is 2.44. The highest BCUT2D eigenvalue weighted by atomic mass is 79.9. The highest BCUT2D eigenvalue weighted by Gasteiger charge is 2.31. The number of anilines is 1. The summed E-state index contributed by atoms with van der Waals surface area (Å²) in [5.41, 5.74) is 0. The van der Waals surface area contributed by atoms with E-state index in [1.807, 2.05) is 12.1 Å². The molecule has 0 unspecified atom stereocenters. The molecule has 0 fully saturated rings. The molecular weight excluding hydrogens is 321 g/mol. The summed E-state index contributed by atoms with van der Waals surface area (Å²) in [7, 11) is 0. The smallest absolute Gasteiger partial charge is 0.346 e. The van der Waals surface area contributed by atoms with Crippen LogP contribution in [0.15, 0.2) is 36.5 Å². The number of hydrogen-bond donors (Lipinski definition) is 0. The molecule has 6 heteroatoms. The first-order valence-electron chi connectivity index (χ1n) is 5.72. The lowest BCUT2D eigenvalue weighted by Gasteiger charge is -2.25. The molecule has 0 N–H and O–H groups in total. The first-order valence-corrected chi connectivity index (χ1v) is 6.85. The van der Waals surface area contributed by atoms with Crippen LogP contribution in [0.4, 0.5) is 19.0 Å². The first kappa shape index (κ1) is 14.1. The predicted molar refractivity (Wildman–Crippen MR) is 73.8 cm³/mol. The summed E-state index contributed by atoms with van der Waals surface area (Å²) in [6.45, 7) is -0.750. The fourth-order valence-corrected chi connectivity index (χ4v) is 2.36. The molecule has 0 saturated heterocycles. The maximum atomic E-state index is 12.6. The van der Waals surface area contributed by atoms with Crippen molar-refractivity contribution in [1.29, 1.82) is 0 Å². The lowest BCUT2D eigenvalue weighted by atomic mass is 10.1. The number of rotatable bonds is 4. The molecule has 19 heavy (non-hydrogen) atoms. The van der Waals surface area contributed by atoms with E-state index in [1.165, 1.54) is 11.1 Å². The van der Waals surface area contributed by atoms with E-state index in [0.717, 1.165) is 10.8 Å². The third-order valence-corrected chi connectivity index (χ3v) is 3.03. The standard InChI is InChI=1S/C13H12BrF3N2/c14-6-8-19(9-13(15,16)17)12-11-4-2-1-3-10(11)5-7-18-12/h1-5,7H,6,8-9H2. The van der Waals surface area contributed by atoms with Crippen LogP contribution in [0.1, 0.15) is 0 Å². The maximum absolute atomic E-state index is 12.6. The summed E-state index contributed by atoms with van der Waals surface area (Å²) < 4.78 is 37.9. The molecule has 102 valence electrons. The van der Waals surface area contributed by atoms with E-state index in [9.17, 15) is 13.2 Å². The summed E-state index contributed by atoms with van der Waals surface area (Å²) >= 11 is 3.18. The van der Waals surface area contributed by atoms with Gasteiger partial charge in [-0.25, -0.2) is 4.98 Å². The van der Waals surface area contributed by atoms with Crippen LogP contribution >= 0.6 is 15.9 Å². The molecule has 0 atom stereocenters. The molecule has 1 aromatic carbocycles. The van der Waals surface area contributed by atoms with Crippen LogP contribution in [0.2, 0.25) is 0 Å². The predicted octanol–water partition coefficient (Wildman–Crippen LogP) is 4.00. The number of hydrogen-bond acceptors (Lipinski definition) is 2. The van der Waals surface area contributed by atoms with Gasteiger partial charge in [0.15, 0.2) is 0 Å². The Bertz CT molecular complexity index is 552. The van der Waals surface area contributed by atoms with Crippen molar-refractivity contribution < 1.29 is 13.2 Å². The van der Waals surface area contributed by atoms with Gasteiger partial charge in [-0.05, 0) is 11.5 Å².